The number of aryl methyl sites for hydroxylation is 1. The third kappa shape index (κ3) is 4.54. The number of aliphatic hydroxyl groups excluding tert-OH is 1. The largest absolute Gasteiger partial charge is 0.493 e. The quantitative estimate of drug-likeness (QED) is 0.623. The molecule has 1 aliphatic carbocycles. The van der Waals surface area contributed by atoms with Crippen molar-refractivity contribution < 1.29 is 9.84 Å². The predicted molar refractivity (Wildman–Crippen MR) is 123 cm³/mol. The number of likely N-dealkylation sites (tertiary alicyclic amines) is 1. The van der Waals surface area contributed by atoms with Gasteiger partial charge in [-0.15, -0.1) is 0 Å². The van der Waals surface area contributed by atoms with Gasteiger partial charge < -0.3 is 9.84 Å². The molecule has 3 nitrogen and oxygen atoms in total. The summed E-state index contributed by atoms with van der Waals surface area (Å²) in [6.07, 6.45) is 5.28. The summed E-state index contributed by atoms with van der Waals surface area (Å²) in [5, 5.41) is 12.1. The van der Waals surface area contributed by atoms with Gasteiger partial charge in [0.2, 0.25) is 0 Å². The fraction of sp³-hybridized carbons (Fsp3) is 0.538. The van der Waals surface area contributed by atoms with Gasteiger partial charge in [0.05, 0.1) is 12.7 Å². The molecule has 1 saturated carbocycles. The van der Waals surface area contributed by atoms with E-state index >= 15 is 0 Å². The number of aliphatic hydroxyl groups is 1. The number of ether oxygens (including phenoxy) is 1. The topological polar surface area (TPSA) is 32.7 Å². The van der Waals surface area contributed by atoms with E-state index in [0.29, 0.717) is 12.0 Å². The van der Waals surface area contributed by atoms with Crippen molar-refractivity contribution in [2.75, 3.05) is 19.7 Å². The maximum absolute atomic E-state index is 11.3. The van der Waals surface area contributed by atoms with Crippen LogP contribution >= 0.6 is 11.6 Å². The maximum atomic E-state index is 11.3. The van der Waals surface area contributed by atoms with E-state index in [1.54, 1.807) is 0 Å². The Hall–Kier alpha value is -1.55. The van der Waals surface area contributed by atoms with E-state index in [0.717, 1.165) is 49.7 Å². The molecule has 1 saturated heterocycles. The summed E-state index contributed by atoms with van der Waals surface area (Å²) < 4.78 is 6.10. The summed E-state index contributed by atoms with van der Waals surface area (Å²) in [5.41, 5.74) is 2.36. The number of hydrogen-bond acceptors (Lipinski definition) is 3. The van der Waals surface area contributed by atoms with Gasteiger partial charge in [0.25, 0.3) is 0 Å². The Morgan fingerprint density at radius 3 is 2.43 bits per heavy atom. The molecule has 0 aromatic heterocycles. The Morgan fingerprint density at radius 1 is 1.10 bits per heavy atom. The molecular formula is C26H34ClNO2. The van der Waals surface area contributed by atoms with Crippen LogP contribution in [0.15, 0.2) is 48.5 Å². The van der Waals surface area contributed by atoms with Crippen LogP contribution in [0, 0.1) is 12.8 Å². The van der Waals surface area contributed by atoms with Gasteiger partial charge in [-0.2, -0.15) is 0 Å². The minimum atomic E-state index is -0.355. The van der Waals surface area contributed by atoms with Gasteiger partial charge in [0.15, 0.2) is 0 Å². The molecule has 0 radical (unpaired) electrons. The molecule has 3 atom stereocenters. The second kappa shape index (κ2) is 9.30. The Kier molecular flexibility index (Phi) is 6.72. The molecule has 4 heteroatoms. The number of halogens is 1. The van der Waals surface area contributed by atoms with Crippen molar-refractivity contribution in [3.8, 4) is 5.75 Å². The molecule has 1 heterocycles. The van der Waals surface area contributed by atoms with Gasteiger partial charge in [-0.3, -0.25) is 4.90 Å². The summed E-state index contributed by atoms with van der Waals surface area (Å²) >= 11 is 6.09. The van der Waals surface area contributed by atoms with E-state index in [2.05, 4.69) is 55.1 Å². The summed E-state index contributed by atoms with van der Waals surface area (Å²) in [4.78, 5) is 2.48. The van der Waals surface area contributed by atoms with Crippen molar-refractivity contribution in [2.24, 2.45) is 5.92 Å². The predicted octanol–water partition coefficient (Wildman–Crippen LogP) is 5.61. The number of hydrogen-bond donors (Lipinski definition) is 1. The first-order valence-electron chi connectivity index (χ1n) is 11.4. The zero-order valence-electron chi connectivity index (χ0n) is 18.2. The van der Waals surface area contributed by atoms with Crippen LogP contribution < -0.4 is 4.74 Å². The molecule has 0 amide bonds. The van der Waals surface area contributed by atoms with E-state index in [1.807, 2.05) is 12.1 Å². The average Bonchev–Trinajstić information content (AvgIpc) is 2.70. The Morgan fingerprint density at radius 2 is 1.80 bits per heavy atom. The molecule has 2 aromatic carbocycles. The minimum absolute atomic E-state index is 0.115. The first-order valence-corrected chi connectivity index (χ1v) is 11.7. The minimum Gasteiger partial charge on any atom is -0.493 e. The number of β-amino-alcohol motifs (C(OH)–C–C–N with tert-alkyl or cyclic N) is 1. The second-order valence-electron chi connectivity index (χ2n) is 9.29. The highest BCUT2D eigenvalue weighted by Crippen LogP contribution is 2.47. The summed E-state index contributed by atoms with van der Waals surface area (Å²) in [6, 6.07) is 16.8. The molecule has 1 N–H and O–H groups in total. The molecule has 162 valence electrons. The lowest BCUT2D eigenvalue weighted by molar-refractivity contribution is -0.0250. The Bertz CT molecular complexity index is 816. The fourth-order valence-corrected chi connectivity index (χ4v) is 5.29. The van der Waals surface area contributed by atoms with Crippen molar-refractivity contribution in [2.45, 2.75) is 63.5 Å². The lowest BCUT2D eigenvalue weighted by atomic mass is 9.61. The van der Waals surface area contributed by atoms with Gasteiger partial charge in [-0.05, 0) is 75.9 Å². The van der Waals surface area contributed by atoms with Crippen LogP contribution in [0.4, 0.5) is 0 Å². The van der Waals surface area contributed by atoms with Crippen LogP contribution in [0.1, 0.15) is 50.2 Å². The van der Waals surface area contributed by atoms with Crippen LogP contribution in [0.25, 0.3) is 0 Å². The molecule has 2 aromatic rings. The van der Waals surface area contributed by atoms with E-state index in [4.69, 9.17) is 16.3 Å². The molecule has 2 fully saturated rings. The van der Waals surface area contributed by atoms with Crippen molar-refractivity contribution in [3.63, 3.8) is 0 Å². The molecule has 0 unspecified atom stereocenters. The SMILES string of the molecule is Cc1ccc(OC[C@@H]2CCCN(C[C@H](O)C3(c4ccc(Cl)cc4)CCC3)[C@H]2C)cc1. The maximum Gasteiger partial charge on any atom is 0.119 e. The number of rotatable bonds is 7. The van der Waals surface area contributed by atoms with Crippen LogP contribution in [-0.2, 0) is 5.41 Å². The summed E-state index contributed by atoms with van der Waals surface area (Å²) in [7, 11) is 0. The standard InChI is InChI=1S/C26H34ClNO2/c1-19-6-12-24(13-7-19)30-18-21-5-3-16-28(20(21)2)17-25(29)26(14-4-15-26)22-8-10-23(27)11-9-22/h6-13,20-21,25,29H,3-5,14-18H2,1-2H3/t20-,21-,25-/m0/s1. The highest BCUT2D eigenvalue weighted by Gasteiger charge is 2.46. The van der Waals surface area contributed by atoms with Gasteiger partial charge in [0.1, 0.15) is 5.75 Å². The molecule has 2 aliphatic rings. The normalized spacial score (nSPS) is 24.8. The lowest BCUT2D eigenvalue weighted by Crippen LogP contribution is -2.55. The first kappa shape index (κ1) is 21.7. The van der Waals surface area contributed by atoms with Crippen LogP contribution in [0.3, 0.4) is 0 Å². The average molecular weight is 428 g/mol. The van der Waals surface area contributed by atoms with E-state index in [-0.39, 0.29) is 11.5 Å². The molecule has 4 rings (SSSR count). The molecule has 1 aliphatic heterocycles. The van der Waals surface area contributed by atoms with Crippen LogP contribution in [0.5, 0.6) is 5.75 Å². The molecule has 0 spiro atoms. The van der Waals surface area contributed by atoms with Crippen LogP contribution in [-0.4, -0.2) is 41.8 Å². The third-order valence-corrected chi connectivity index (χ3v) is 7.73. The van der Waals surface area contributed by atoms with Gasteiger partial charge >= 0.3 is 0 Å². The van der Waals surface area contributed by atoms with Gasteiger partial charge in [-0.1, -0.05) is 47.9 Å². The first-order chi connectivity index (χ1) is 14.5. The monoisotopic (exact) mass is 427 g/mol. The molecule has 0 bridgehead atoms. The molecule has 30 heavy (non-hydrogen) atoms. The number of benzene rings is 2. The second-order valence-corrected chi connectivity index (χ2v) is 9.73. The zero-order chi connectivity index (χ0) is 21.1. The van der Waals surface area contributed by atoms with Crippen molar-refractivity contribution in [1.29, 1.82) is 0 Å². The molecular weight excluding hydrogens is 394 g/mol. The van der Waals surface area contributed by atoms with Gasteiger partial charge in [-0.25, -0.2) is 0 Å². The lowest BCUT2D eigenvalue weighted by Gasteiger charge is -2.49. The van der Waals surface area contributed by atoms with E-state index < -0.39 is 0 Å². The fourth-order valence-electron chi connectivity index (χ4n) is 5.17. The zero-order valence-corrected chi connectivity index (χ0v) is 18.9. The number of piperidine rings is 1. The van der Waals surface area contributed by atoms with E-state index in [9.17, 15) is 5.11 Å². The highest BCUT2D eigenvalue weighted by atomic mass is 35.5. The Labute approximate surface area is 186 Å². The van der Waals surface area contributed by atoms with Crippen molar-refractivity contribution in [3.05, 3.63) is 64.7 Å². The summed E-state index contributed by atoms with van der Waals surface area (Å²) in [6.45, 7) is 6.90. The summed E-state index contributed by atoms with van der Waals surface area (Å²) in [5.74, 6) is 1.43. The van der Waals surface area contributed by atoms with Crippen molar-refractivity contribution >= 4 is 11.6 Å². The van der Waals surface area contributed by atoms with E-state index in [1.165, 1.54) is 24.0 Å². The Balaban J connectivity index is 1.38. The van der Waals surface area contributed by atoms with Gasteiger partial charge in [0, 0.05) is 28.9 Å². The van der Waals surface area contributed by atoms with Crippen molar-refractivity contribution in [1.82, 2.24) is 4.90 Å². The highest BCUT2D eigenvalue weighted by molar-refractivity contribution is 6.30. The third-order valence-electron chi connectivity index (χ3n) is 7.47. The number of nitrogens with zero attached hydrogens (tertiary/aromatic N) is 1. The van der Waals surface area contributed by atoms with Crippen LogP contribution in [0.2, 0.25) is 5.02 Å². The smallest absolute Gasteiger partial charge is 0.119 e.